The van der Waals surface area contributed by atoms with Crippen molar-refractivity contribution in [2.75, 3.05) is 20.4 Å². The summed E-state index contributed by atoms with van der Waals surface area (Å²) in [6, 6.07) is 25.7. The molecule has 3 aromatic rings. The van der Waals surface area contributed by atoms with Crippen molar-refractivity contribution in [2.24, 2.45) is 0 Å². The first-order valence-electron chi connectivity index (χ1n) is 8.74. The van der Waals surface area contributed by atoms with E-state index >= 15 is 0 Å². The van der Waals surface area contributed by atoms with Crippen LogP contribution in [0.4, 0.5) is 0 Å². The second kappa shape index (κ2) is 8.78. The van der Waals surface area contributed by atoms with Crippen LogP contribution >= 0.6 is 11.8 Å². The number of thioether (sulfide) groups is 1. The Morgan fingerprint density at radius 3 is 1.96 bits per heavy atom. The average Bonchev–Trinajstić information content (AvgIpc) is 2.74. The fraction of sp³-hybridized carbons (Fsp3) is 0.174. The Morgan fingerprint density at radius 2 is 1.48 bits per heavy atom. The smallest absolute Gasteiger partial charge is 0.258 e. The molecule has 0 N–H and O–H groups in total. The molecular weight excluding hydrogens is 354 g/mol. The molecule has 1 amide bonds. The number of amides is 1. The van der Waals surface area contributed by atoms with E-state index in [0.717, 1.165) is 16.0 Å². The molecule has 3 rings (SSSR count). The molecule has 0 aliphatic rings. The predicted octanol–water partition coefficient (Wildman–Crippen LogP) is 5.28. The van der Waals surface area contributed by atoms with Crippen molar-refractivity contribution in [1.82, 2.24) is 4.90 Å². The molecule has 0 aliphatic heterocycles. The fourth-order valence-corrected chi connectivity index (χ4v) is 3.62. The molecule has 3 nitrogen and oxygen atoms in total. The Morgan fingerprint density at radius 1 is 0.926 bits per heavy atom. The molecule has 0 atom stereocenters. The second-order valence-corrected chi connectivity index (χ2v) is 7.09. The molecule has 3 aromatic carbocycles. The van der Waals surface area contributed by atoms with Crippen LogP contribution in [0.1, 0.15) is 27.5 Å². The Labute approximate surface area is 165 Å². The number of benzene rings is 3. The van der Waals surface area contributed by atoms with E-state index in [0.29, 0.717) is 11.3 Å². The van der Waals surface area contributed by atoms with Crippen LogP contribution < -0.4 is 4.74 Å². The molecule has 0 spiro atoms. The van der Waals surface area contributed by atoms with E-state index in [2.05, 4.69) is 24.3 Å². The van der Waals surface area contributed by atoms with Crippen molar-refractivity contribution in [1.29, 1.82) is 0 Å². The molecule has 0 aromatic heterocycles. The molecule has 0 aliphatic carbocycles. The molecule has 0 heterocycles. The summed E-state index contributed by atoms with van der Waals surface area (Å²) >= 11 is 1.62. The van der Waals surface area contributed by atoms with Gasteiger partial charge >= 0.3 is 0 Å². The molecule has 0 radical (unpaired) electrons. The van der Waals surface area contributed by atoms with Gasteiger partial charge in [-0.2, -0.15) is 0 Å². The quantitative estimate of drug-likeness (QED) is 0.548. The van der Waals surface area contributed by atoms with Crippen LogP contribution in [-0.2, 0) is 0 Å². The SMILES string of the molecule is COc1cc(SC)ccc1C(=O)N(C)C(c1ccccc1)c1ccccc1. The molecule has 0 saturated heterocycles. The third-order valence-electron chi connectivity index (χ3n) is 4.58. The Kier molecular flexibility index (Phi) is 6.20. The third kappa shape index (κ3) is 4.17. The van der Waals surface area contributed by atoms with Crippen molar-refractivity contribution in [3.8, 4) is 5.75 Å². The van der Waals surface area contributed by atoms with Gasteiger partial charge in [0.2, 0.25) is 0 Å². The van der Waals surface area contributed by atoms with E-state index < -0.39 is 0 Å². The van der Waals surface area contributed by atoms with Gasteiger partial charge in [0.1, 0.15) is 5.75 Å². The van der Waals surface area contributed by atoms with Crippen molar-refractivity contribution >= 4 is 17.7 Å². The van der Waals surface area contributed by atoms with Gasteiger partial charge in [-0.1, -0.05) is 60.7 Å². The van der Waals surface area contributed by atoms with E-state index in [9.17, 15) is 4.79 Å². The maximum absolute atomic E-state index is 13.4. The summed E-state index contributed by atoms with van der Waals surface area (Å²) in [6.45, 7) is 0. The molecule has 0 fully saturated rings. The lowest BCUT2D eigenvalue weighted by molar-refractivity contribution is 0.0751. The highest BCUT2D eigenvalue weighted by molar-refractivity contribution is 7.98. The third-order valence-corrected chi connectivity index (χ3v) is 5.30. The summed E-state index contributed by atoms with van der Waals surface area (Å²) in [4.78, 5) is 16.2. The Hall–Kier alpha value is -2.72. The topological polar surface area (TPSA) is 29.5 Å². The summed E-state index contributed by atoms with van der Waals surface area (Å²) < 4.78 is 5.49. The summed E-state index contributed by atoms with van der Waals surface area (Å²) in [7, 11) is 3.44. The maximum atomic E-state index is 13.4. The van der Waals surface area contributed by atoms with E-state index in [1.165, 1.54) is 0 Å². The zero-order chi connectivity index (χ0) is 19.2. The predicted molar refractivity (Wildman–Crippen MR) is 112 cm³/mol. The second-order valence-electron chi connectivity index (χ2n) is 6.21. The Bertz CT molecular complexity index is 857. The number of ether oxygens (including phenoxy) is 1. The lowest BCUT2D eigenvalue weighted by atomic mass is 9.96. The lowest BCUT2D eigenvalue weighted by Crippen LogP contribution is -2.32. The Balaban J connectivity index is 2.02. The van der Waals surface area contributed by atoms with Gasteiger partial charge in [0.15, 0.2) is 0 Å². The molecule has 4 heteroatoms. The minimum absolute atomic E-state index is 0.0720. The van der Waals surface area contributed by atoms with Crippen molar-refractivity contribution in [3.63, 3.8) is 0 Å². The van der Waals surface area contributed by atoms with Crippen LogP contribution in [0.3, 0.4) is 0 Å². The van der Waals surface area contributed by atoms with E-state index in [1.807, 2.05) is 67.9 Å². The molecule has 0 unspecified atom stereocenters. The summed E-state index contributed by atoms with van der Waals surface area (Å²) in [6.07, 6.45) is 2.00. The monoisotopic (exact) mass is 377 g/mol. The highest BCUT2D eigenvalue weighted by atomic mass is 32.2. The number of hydrogen-bond donors (Lipinski definition) is 0. The van der Waals surface area contributed by atoms with E-state index in [1.54, 1.807) is 23.8 Å². The molecule has 138 valence electrons. The van der Waals surface area contributed by atoms with Crippen molar-refractivity contribution in [3.05, 3.63) is 95.6 Å². The number of carbonyl (C=O) groups excluding carboxylic acids is 1. The van der Waals surface area contributed by atoms with Crippen molar-refractivity contribution < 1.29 is 9.53 Å². The van der Waals surface area contributed by atoms with Gasteiger partial charge in [0.05, 0.1) is 18.7 Å². The molecule has 0 saturated carbocycles. The van der Waals surface area contributed by atoms with Gasteiger partial charge < -0.3 is 9.64 Å². The van der Waals surface area contributed by atoms with Gasteiger partial charge in [-0.15, -0.1) is 11.8 Å². The summed E-state index contributed by atoms with van der Waals surface area (Å²) in [5.41, 5.74) is 2.70. The first-order valence-corrected chi connectivity index (χ1v) is 9.97. The molecule has 0 bridgehead atoms. The summed E-state index contributed by atoms with van der Waals surface area (Å²) in [5.74, 6) is 0.524. The van der Waals surface area contributed by atoms with Gasteiger partial charge in [0, 0.05) is 11.9 Å². The van der Waals surface area contributed by atoms with Crippen LogP contribution in [0.5, 0.6) is 5.75 Å². The van der Waals surface area contributed by atoms with Gasteiger partial charge in [-0.25, -0.2) is 0 Å². The first-order chi connectivity index (χ1) is 13.2. The first kappa shape index (κ1) is 19.1. The lowest BCUT2D eigenvalue weighted by Gasteiger charge is -2.30. The highest BCUT2D eigenvalue weighted by Crippen LogP contribution is 2.32. The van der Waals surface area contributed by atoms with Crippen LogP contribution in [-0.4, -0.2) is 31.2 Å². The average molecular weight is 378 g/mol. The highest BCUT2D eigenvalue weighted by Gasteiger charge is 2.26. The zero-order valence-electron chi connectivity index (χ0n) is 15.8. The van der Waals surface area contributed by atoms with Gasteiger partial charge in [0.25, 0.3) is 5.91 Å². The zero-order valence-corrected chi connectivity index (χ0v) is 16.6. The number of carbonyl (C=O) groups is 1. The van der Waals surface area contributed by atoms with Crippen LogP contribution in [0.2, 0.25) is 0 Å². The van der Waals surface area contributed by atoms with Crippen LogP contribution in [0.25, 0.3) is 0 Å². The molecule has 27 heavy (non-hydrogen) atoms. The maximum Gasteiger partial charge on any atom is 0.258 e. The van der Waals surface area contributed by atoms with Crippen molar-refractivity contribution in [2.45, 2.75) is 10.9 Å². The minimum atomic E-state index is -0.176. The number of rotatable bonds is 6. The van der Waals surface area contributed by atoms with E-state index in [-0.39, 0.29) is 11.9 Å². The number of hydrogen-bond acceptors (Lipinski definition) is 3. The number of methoxy groups -OCH3 is 1. The van der Waals surface area contributed by atoms with E-state index in [4.69, 9.17) is 4.74 Å². The largest absolute Gasteiger partial charge is 0.496 e. The standard InChI is InChI=1S/C23H23NO2S/c1-24(23(25)20-15-14-19(27-3)16-21(20)26-2)22(17-10-6-4-7-11-17)18-12-8-5-9-13-18/h4-16,22H,1-3H3. The minimum Gasteiger partial charge on any atom is -0.496 e. The van der Waals surface area contributed by atoms with Gasteiger partial charge in [-0.3, -0.25) is 4.79 Å². The normalized spacial score (nSPS) is 10.7. The molecular formula is C23H23NO2S. The van der Waals surface area contributed by atoms with Gasteiger partial charge in [-0.05, 0) is 35.6 Å². The fourth-order valence-electron chi connectivity index (χ4n) is 3.19. The van der Waals surface area contributed by atoms with Crippen LogP contribution in [0, 0.1) is 0 Å². The number of nitrogens with zero attached hydrogens (tertiary/aromatic N) is 1. The van der Waals surface area contributed by atoms with Crippen LogP contribution in [0.15, 0.2) is 83.8 Å². The summed E-state index contributed by atoms with van der Waals surface area (Å²) in [5, 5.41) is 0.